The molecule has 0 radical (unpaired) electrons. The summed E-state index contributed by atoms with van der Waals surface area (Å²) in [7, 11) is -3.92. The van der Waals surface area contributed by atoms with Crippen LogP contribution in [0.25, 0.3) is 0 Å². The van der Waals surface area contributed by atoms with Crippen molar-refractivity contribution in [1.82, 2.24) is 5.32 Å². The van der Waals surface area contributed by atoms with E-state index in [9.17, 15) is 4.79 Å². The van der Waals surface area contributed by atoms with Crippen LogP contribution in [0.5, 0.6) is 0 Å². The smallest absolute Gasteiger partial charge is 0.250 e. The van der Waals surface area contributed by atoms with Gasteiger partial charge in [-0.15, -0.1) is 0 Å². The van der Waals surface area contributed by atoms with E-state index < -0.39 is 10.1 Å². The molecule has 0 aromatic rings. The molecule has 0 aliphatic rings. The summed E-state index contributed by atoms with van der Waals surface area (Å²) in [6, 6.07) is 0. The molecule has 22 heavy (non-hydrogen) atoms. The molecule has 0 fully saturated rings. The Labute approximate surface area is 135 Å². The Morgan fingerprint density at radius 3 is 1.64 bits per heavy atom. The number of nitrogens with one attached hydrogen (secondary N) is 1. The van der Waals surface area contributed by atoms with E-state index in [1.807, 2.05) is 0 Å². The van der Waals surface area contributed by atoms with Gasteiger partial charge >= 0.3 is 0 Å². The van der Waals surface area contributed by atoms with Crippen molar-refractivity contribution in [1.29, 1.82) is 0 Å². The van der Waals surface area contributed by atoms with Gasteiger partial charge in [-0.2, -0.15) is 0 Å². The second-order valence-electron chi connectivity index (χ2n) is 5.66. The van der Waals surface area contributed by atoms with E-state index in [-0.39, 0.29) is 5.91 Å². The lowest BCUT2D eigenvalue weighted by Crippen LogP contribution is -2.55. The van der Waals surface area contributed by atoms with Crippen LogP contribution in [0, 0.1) is 0 Å². The average molecular weight is 336 g/mol. The molecule has 0 aliphatic carbocycles. The number of amides is 1. The highest BCUT2D eigenvalue weighted by atomic mass is 32.2. The number of rotatable bonds is 9. The first-order chi connectivity index (χ1) is 10.0. The van der Waals surface area contributed by atoms with Crippen molar-refractivity contribution in [2.45, 2.75) is 47.0 Å². The minimum atomic E-state index is -3.92. The lowest BCUT2D eigenvalue weighted by atomic mass is 10.2. The van der Waals surface area contributed by atoms with E-state index in [1.165, 1.54) is 0 Å². The fourth-order valence-electron chi connectivity index (χ4n) is 2.39. The molecule has 0 spiro atoms. The molecule has 0 aromatic carbocycles. The largest absolute Gasteiger partial charge is 0.748 e. The summed E-state index contributed by atoms with van der Waals surface area (Å²) < 4.78 is 28.2. The molecular formula is C15H32N2O4S. The summed E-state index contributed by atoms with van der Waals surface area (Å²) in [6.07, 6.45) is 4.07. The van der Waals surface area contributed by atoms with Crippen molar-refractivity contribution in [3.8, 4) is 0 Å². The molecule has 1 N–H and O–H groups in total. The Morgan fingerprint density at radius 1 is 1.09 bits per heavy atom. The van der Waals surface area contributed by atoms with Crippen molar-refractivity contribution in [3.05, 3.63) is 12.2 Å². The van der Waals surface area contributed by atoms with Gasteiger partial charge in [0, 0.05) is 11.8 Å². The predicted octanol–water partition coefficient (Wildman–Crippen LogP) is 1.84. The first kappa shape index (κ1) is 23.3. The van der Waals surface area contributed by atoms with Crippen LogP contribution in [0.15, 0.2) is 12.2 Å². The standard InChI is InChI=1S/C14H28N2O.CH4O3S/c1-6-9-16(10-7-2,11-8-3)12-15-14(17)13(4)5;1-5(2,3)4/h4,6-12H2,1-3,5H3;1H3,(H,2,3,4). The van der Waals surface area contributed by atoms with Crippen LogP contribution in [-0.4, -0.2) is 55.9 Å². The molecule has 0 bridgehead atoms. The Bertz CT molecular complexity index is 408. The van der Waals surface area contributed by atoms with Gasteiger partial charge in [-0.25, -0.2) is 8.42 Å². The van der Waals surface area contributed by atoms with E-state index in [1.54, 1.807) is 6.92 Å². The summed E-state index contributed by atoms with van der Waals surface area (Å²) >= 11 is 0. The highest BCUT2D eigenvalue weighted by Crippen LogP contribution is 2.10. The lowest BCUT2D eigenvalue weighted by Gasteiger charge is -2.38. The molecule has 0 aromatic heterocycles. The minimum absolute atomic E-state index is 0.0178. The van der Waals surface area contributed by atoms with Gasteiger partial charge in [0.25, 0.3) is 5.91 Å². The fraction of sp³-hybridized carbons (Fsp3) is 0.800. The molecule has 0 atom stereocenters. The summed E-state index contributed by atoms with van der Waals surface area (Å²) in [6.45, 7) is 16.2. The SMILES string of the molecule is C=C(C)C(=O)NC[N+](CCC)(CCC)CCC.CS(=O)(=O)[O-]. The van der Waals surface area contributed by atoms with E-state index in [0.29, 0.717) is 11.8 Å². The number of carbonyl (C=O) groups is 1. The maximum absolute atomic E-state index is 11.6. The van der Waals surface area contributed by atoms with Gasteiger partial charge in [0.05, 0.1) is 29.8 Å². The van der Waals surface area contributed by atoms with Crippen LogP contribution >= 0.6 is 0 Å². The van der Waals surface area contributed by atoms with Gasteiger partial charge in [0.15, 0.2) is 6.67 Å². The molecule has 0 aliphatic heterocycles. The zero-order valence-electron chi connectivity index (χ0n) is 14.6. The van der Waals surface area contributed by atoms with E-state index >= 15 is 0 Å². The lowest BCUT2D eigenvalue weighted by molar-refractivity contribution is -0.930. The van der Waals surface area contributed by atoms with Crippen LogP contribution < -0.4 is 5.32 Å². The van der Waals surface area contributed by atoms with Crippen LogP contribution in [0.3, 0.4) is 0 Å². The van der Waals surface area contributed by atoms with Gasteiger partial charge in [0.2, 0.25) is 0 Å². The monoisotopic (exact) mass is 336 g/mol. The zero-order chi connectivity index (χ0) is 17.8. The van der Waals surface area contributed by atoms with E-state index in [0.717, 1.165) is 50.0 Å². The Balaban J connectivity index is 0. The van der Waals surface area contributed by atoms with E-state index in [2.05, 4.69) is 32.7 Å². The van der Waals surface area contributed by atoms with Crippen molar-refractivity contribution in [2.75, 3.05) is 32.6 Å². The first-order valence-electron chi connectivity index (χ1n) is 7.71. The average Bonchev–Trinajstić information content (AvgIpc) is 2.34. The van der Waals surface area contributed by atoms with Gasteiger partial charge < -0.3 is 14.4 Å². The molecule has 0 unspecified atom stereocenters. The second-order valence-corrected chi connectivity index (χ2v) is 7.07. The Hall–Kier alpha value is -0.920. The van der Waals surface area contributed by atoms with Crippen LogP contribution in [-0.2, 0) is 14.9 Å². The number of nitrogens with zero attached hydrogens (tertiary/aromatic N) is 1. The van der Waals surface area contributed by atoms with Gasteiger partial charge in [-0.3, -0.25) is 4.79 Å². The molecule has 0 heterocycles. The quantitative estimate of drug-likeness (QED) is 0.301. The van der Waals surface area contributed by atoms with E-state index in [4.69, 9.17) is 13.0 Å². The molecule has 132 valence electrons. The molecule has 6 nitrogen and oxygen atoms in total. The number of quaternary nitrogens is 1. The zero-order valence-corrected chi connectivity index (χ0v) is 15.5. The van der Waals surface area contributed by atoms with Crippen molar-refractivity contribution in [2.24, 2.45) is 0 Å². The first-order valence-corrected chi connectivity index (χ1v) is 9.52. The summed E-state index contributed by atoms with van der Waals surface area (Å²) in [5.41, 5.74) is 0.590. The Kier molecular flexibility index (Phi) is 12.3. The van der Waals surface area contributed by atoms with Crippen molar-refractivity contribution >= 4 is 16.0 Å². The van der Waals surface area contributed by atoms with Gasteiger partial charge in [-0.1, -0.05) is 27.4 Å². The second kappa shape index (κ2) is 11.6. The maximum atomic E-state index is 11.6. The molecule has 0 saturated heterocycles. The highest BCUT2D eigenvalue weighted by Gasteiger charge is 2.25. The third kappa shape index (κ3) is 14.0. The van der Waals surface area contributed by atoms with Gasteiger partial charge in [0.1, 0.15) is 0 Å². The third-order valence-corrected chi connectivity index (χ3v) is 3.06. The summed E-state index contributed by atoms with van der Waals surface area (Å²) in [5, 5.41) is 3.01. The molecule has 1 amide bonds. The highest BCUT2D eigenvalue weighted by molar-refractivity contribution is 7.84. The Morgan fingerprint density at radius 2 is 1.41 bits per heavy atom. The van der Waals surface area contributed by atoms with Crippen LogP contribution in [0.4, 0.5) is 0 Å². The normalized spacial score (nSPS) is 11.4. The van der Waals surface area contributed by atoms with Crippen LogP contribution in [0.2, 0.25) is 0 Å². The number of hydrogen-bond acceptors (Lipinski definition) is 4. The van der Waals surface area contributed by atoms with Crippen molar-refractivity contribution < 1.29 is 22.2 Å². The fourth-order valence-corrected chi connectivity index (χ4v) is 2.39. The predicted molar refractivity (Wildman–Crippen MR) is 89.2 cm³/mol. The topological polar surface area (TPSA) is 86.3 Å². The molecule has 0 rings (SSSR count). The van der Waals surface area contributed by atoms with Gasteiger partial charge in [-0.05, 0) is 26.2 Å². The molecular weight excluding hydrogens is 304 g/mol. The minimum Gasteiger partial charge on any atom is -0.748 e. The third-order valence-electron chi connectivity index (χ3n) is 3.06. The van der Waals surface area contributed by atoms with Crippen LogP contribution in [0.1, 0.15) is 47.0 Å². The van der Waals surface area contributed by atoms with Crippen molar-refractivity contribution in [3.63, 3.8) is 0 Å². The summed E-state index contributed by atoms with van der Waals surface area (Å²) in [4.78, 5) is 11.6. The number of hydrogen-bond donors (Lipinski definition) is 1. The molecule has 7 heteroatoms. The molecule has 0 saturated carbocycles. The number of carbonyl (C=O) groups excluding carboxylic acids is 1. The summed E-state index contributed by atoms with van der Waals surface area (Å²) in [5.74, 6) is -0.0178. The maximum Gasteiger partial charge on any atom is 0.250 e.